The molecular formula is C18H27N3O. The second-order valence-electron chi connectivity index (χ2n) is 5.82. The molecule has 0 saturated carbocycles. The van der Waals surface area contributed by atoms with Crippen molar-refractivity contribution in [3.63, 3.8) is 0 Å². The van der Waals surface area contributed by atoms with Crippen molar-refractivity contribution in [1.82, 2.24) is 15.3 Å². The molecule has 1 heterocycles. The topological polar surface area (TPSA) is 57.8 Å². The van der Waals surface area contributed by atoms with Gasteiger partial charge in [-0.3, -0.25) is 4.79 Å². The Labute approximate surface area is 132 Å². The predicted octanol–water partition coefficient (Wildman–Crippen LogP) is 3.97. The first-order chi connectivity index (χ1) is 10.8. The molecule has 0 aliphatic rings. The number of hydrogen-bond donors (Lipinski definition) is 2. The largest absolute Gasteiger partial charge is 0.356 e. The number of aryl methyl sites for hydroxylation is 1. The molecule has 0 bridgehead atoms. The van der Waals surface area contributed by atoms with Crippen molar-refractivity contribution in [1.29, 1.82) is 0 Å². The number of aromatic nitrogens is 2. The third-order valence-electron chi connectivity index (χ3n) is 3.86. The van der Waals surface area contributed by atoms with E-state index in [4.69, 9.17) is 0 Å². The predicted molar refractivity (Wildman–Crippen MR) is 90.8 cm³/mol. The number of amides is 1. The van der Waals surface area contributed by atoms with Crippen LogP contribution < -0.4 is 5.32 Å². The molecule has 2 rings (SSSR count). The molecule has 0 fully saturated rings. The van der Waals surface area contributed by atoms with Gasteiger partial charge in [0.15, 0.2) is 0 Å². The van der Waals surface area contributed by atoms with Crippen LogP contribution in [0.4, 0.5) is 0 Å². The standard InChI is InChI=1S/C18H27N3O/c1-2-3-4-5-6-13-18(22)19-14-9-12-17-20-15-10-7-8-11-16(15)21-17/h7-8,10-11H,2-6,9,12-14H2,1H3,(H,19,22)(H,20,21). The number of aromatic amines is 1. The molecule has 2 N–H and O–H groups in total. The summed E-state index contributed by atoms with van der Waals surface area (Å²) in [4.78, 5) is 19.5. The van der Waals surface area contributed by atoms with Gasteiger partial charge in [0, 0.05) is 19.4 Å². The molecule has 22 heavy (non-hydrogen) atoms. The molecule has 4 nitrogen and oxygen atoms in total. The highest BCUT2D eigenvalue weighted by atomic mass is 16.1. The van der Waals surface area contributed by atoms with Gasteiger partial charge in [0.2, 0.25) is 5.91 Å². The average molecular weight is 301 g/mol. The van der Waals surface area contributed by atoms with Crippen molar-refractivity contribution in [3.8, 4) is 0 Å². The van der Waals surface area contributed by atoms with Gasteiger partial charge in [0.05, 0.1) is 11.0 Å². The van der Waals surface area contributed by atoms with Crippen LogP contribution in [0.3, 0.4) is 0 Å². The van der Waals surface area contributed by atoms with Crippen LogP contribution in [0.5, 0.6) is 0 Å². The van der Waals surface area contributed by atoms with Crippen LogP contribution in [0.25, 0.3) is 11.0 Å². The Morgan fingerprint density at radius 2 is 1.95 bits per heavy atom. The molecule has 1 amide bonds. The number of carbonyl (C=O) groups is 1. The number of nitrogens with one attached hydrogen (secondary N) is 2. The molecule has 0 aliphatic carbocycles. The molecule has 0 spiro atoms. The van der Waals surface area contributed by atoms with E-state index in [1.165, 1.54) is 25.7 Å². The fourth-order valence-corrected chi connectivity index (χ4v) is 2.59. The summed E-state index contributed by atoms with van der Waals surface area (Å²) < 4.78 is 0. The van der Waals surface area contributed by atoms with E-state index in [9.17, 15) is 4.79 Å². The Bertz CT molecular complexity index is 543. The fraction of sp³-hybridized carbons (Fsp3) is 0.556. The van der Waals surface area contributed by atoms with Gasteiger partial charge in [0.1, 0.15) is 5.82 Å². The van der Waals surface area contributed by atoms with E-state index in [1.54, 1.807) is 0 Å². The number of carbonyl (C=O) groups excluding carboxylic acids is 1. The molecule has 0 radical (unpaired) electrons. The minimum Gasteiger partial charge on any atom is -0.356 e. The van der Waals surface area contributed by atoms with Gasteiger partial charge in [-0.25, -0.2) is 4.98 Å². The Morgan fingerprint density at radius 3 is 2.77 bits per heavy atom. The number of unbranched alkanes of at least 4 members (excludes halogenated alkanes) is 4. The molecule has 0 unspecified atom stereocenters. The summed E-state index contributed by atoms with van der Waals surface area (Å²) in [7, 11) is 0. The quantitative estimate of drug-likeness (QED) is 0.652. The fourth-order valence-electron chi connectivity index (χ4n) is 2.59. The zero-order valence-corrected chi connectivity index (χ0v) is 13.5. The van der Waals surface area contributed by atoms with Crippen molar-refractivity contribution in [3.05, 3.63) is 30.1 Å². The average Bonchev–Trinajstić information content (AvgIpc) is 2.94. The Hall–Kier alpha value is -1.84. The number of fused-ring (bicyclic) bond motifs is 1. The van der Waals surface area contributed by atoms with Gasteiger partial charge in [0.25, 0.3) is 0 Å². The van der Waals surface area contributed by atoms with Crippen molar-refractivity contribution in [2.45, 2.75) is 58.3 Å². The van der Waals surface area contributed by atoms with Gasteiger partial charge in [-0.15, -0.1) is 0 Å². The SMILES string of the molecule is CCCCCCCC(=O)NCCCc1nc2ccccc2[nH]1. The number of H-pyrrole nitrogens is 1. The highest BCUT2D eigenvalue weighted by molar-refractivity contribution is 5.76. The summed E-state index contributed by atoms with van der Waals surface area (Å²) in [6, 6.07) is 8.04. The lowest BCUT2D eigenvalue weighted by Gasteiger charge is -2.04. The van der Waals surface area contributed by atoms with E-state index in [1.807, 2.05) is 24.3 Å². The Morgan fingerprint density at radius 1 is 1.14 bits per heavy atom. The summed E-state index contributed by atoms with van der Waals surface area (Å²) in [6.07, 6.45) is 8.39. The number of hydrogen-bond acceptors (Lipinski definition) is 2. The maximum absolute atomic E-state index is 11.7. The number of rotatable bonds is 10. The van der Waals surface area contributed by atoms with Crippen LogP contribution in [0.2, 0.25) is 0 Å². The zero-order valence-electron chi connectivity index (χ0n) is 13.5. The van der Waals surface area contributed by atoms with Crippen LogP contribution in [0, 0.1) is 0 Å². The van der Waals surface area contributed by atoms with Crippen molar-refractivity contribution >= 4 is 16.9 Å². The first kappa shape index (κ1) is 16.5. The molecule has 0 aliphatic heterocycles. The zero-order chi connectivity index (χ0) is 15.6. The lowest BCUT2D eigenvalue weighted by atomic mass is 10.1. The lowest BCUT2D eigenvalue weighted by Crippen LogP contribution is -2.24. The number of nitrogens with zero attached hydrogens (tertiary/aromatic N) is 1. The third kappa shape index (κ3) is 5.51. The first-order valence-corrected chi connectivity index (χ1v) is 8.50. The smallest absolute Gasteiger partial charge is 0.219 e. The van der Waals surface area contributed by atoms with Gasteiger partial charge in [-0.2, -0.15) is 0 Å². The normalized spacial score (nSPS) is 11.0. The van der Waals surface area contributed by atoms with E-state index in [2.05, 4.69) is 22.2 Å². The Kier molecular flexibility index (Phi) is 6.94. The number of imidazole rings is 1. The monoisotopic (exact) mass is 301 g/mol. The van der Waals surface area contributed by atoms with E-state index in [-0.39, 0.29) is 5.91 Å². The van der Waals surface area contributed by atoms with E-state index >= 15 is 0 Å². The van der Waals surface area contributed by atoms with Crippen molar-refractivity contribution in [2.24, 2.45) is 0 Å². The Balaban J connectivity index is 1.57. The molecule has 1 aromatic heterocycles. The third-order valence-corrected chi connectivity index (χ3v) is 3.86. The minimum absolute atomic E-state index is 0.182. The molecule has 0 saturated heterocycles. The van der Waals surface area contributed by atoms with Crippen LogP contribution >= 0.6 is 0 Å². The molecule has 4 heteroatoms. The van der Waals surface area contributed by atoms with Crippen LogP contribution in [-0.4, -0.2) is 22.4 Å². The van der Waals surface area contributed by atoms with E-state index < -0.39 is 0 Å². The maximum atomic E-state index is 11.7. The highest BCUT2D eigenvalue weighted by Crippen LogP contribution is 2.11. The summed E-state index contributed by atoms with van der Waals surface area (Å²) in [6.45, 7) is 2.93. The summed E-state index contributed by atoms with van der Waals surface area (Å²) in [5.74, 6) is 1.18. The van der Waals surface area contributed by atoms with E-state index in [0.29, 0.717) is 6.42 Å². The molecular weight excluding hydrogens is 274 g/mol. The molecule has 1 aromatic carbocycles. The van der Waals surface area contributed by atoms with Crippen molar-refractivity contribution in [2.75, 3.05) is 6.54 Å². The lowest BCUT2D eigenvalue weighted by molar-refractivity contribution is -0.121. The second kappa shape index (κ2) is 9.23. The summed E-state index contributed by atoms with van der Waals surface area (Å²) in [5.41, 5.74) is 2.09. The summed E-state index contributed by atoms with van der Waals surface area (Å²) in [5, 5.41) is 3.00. The summed E-state index contributed by atoms with van der Waals surface area (Å²) >= 11 is 0. The molecule has 0 atom stereocenters. The highest BCUT2D eigenvalue weighted by Gasteiger charge is 2.03. The van der Waals surface area contributed by atoms with Crippen LogP contribution in [0.15, 0.2) is 24.3 Å². The molecule has 120 valence electrons. The van der Waals surface area contributed by atoms with Gasteiger partial charge in [-0.1, -0.05) is 44.7 Å². The molecule has 2 aromatic rings. The van der Waals surface area contributed by atoms with Gasteiger partial charge < -0.3 is 10.3 Å². The first-order valence-electron chi connectivity index (χ1n) is 8.50. The van der Waals surface area contributed by atoms with E-state index in [0.717, 1.165) is 42.7 Å². The van der Waals surface area contributed by atoms with Gasteiger partial charge >= 0.3 is 0 Å². The second-order valence-corrected chi connectivity index (χ2v) is 5.82. The minimum atomic E-state index is 0.182. The van der Waals surface area contributed by atoms with Crippen LogP contribution in [-0.2, 0) is 11.2 Å². The number of para-hydroxylation sites is 2. The van der Waals surface area contributed by atoms with Gasteiger partial charge in [-0.05, 0) is 25.0 Å². The maximum Gasteiger partial charge on any atom is 0.219 e. The van der Waals surface area contributed by atoms with Crippen molar-refractivity contribution < 1.29 is 4.79 Å². The van der Waals surface area contributed by atoms with Crippen LogP contribution in [0.1, 0.15) is 57.7 Å². The number of benzene rings is 1.